The van der Waals surface area contributed by atoms with Gasteiger partial charge in [0, 0.05) is 18.0 Å². The molecule has 2 aromatic rings. The minimum Gasteiger partial charge on any atom is -0.516 e. The van der Waals surface area contributed by atoms with E-state index >= 15 is 0 Å². The molecule has 16 heavy (non-hydrogen) atoms. The van der Waals surface area contributed by atoms with Crippen LogP contribution >= 0.6 is 0 Å². The van der Waals surface area contributed by atoms with Crippen molar-refractivity contribution >= 4 is 0 Å². The molecule has 0 fully saturated rings. The van der Waals surface area contributed by atoms with Crippen LogP contribution in [-0.2, 0) is 6.42 Å². The Balaban J connectivity index is 2.29. The lowest BCUT2D eigenvalue weighted by Gasteiger charge is -2.02. The van der Waals surface area contributed by atoms with Crippen LogP contribution in [0.3, 0.4) is 0 Å². The zero-order valence-corrected chi connectivity index (χ0v) is 8.88. The summed E-state index contributed by atoms with van der Waals surface area (Å²) in [5.41, 5.74) is 3.35. The molecule has 2 heteroatoms. The van der Waals surface area contributed by atoms with Crippen LogP contribution in [0, 0.1) is 0 Å². The Morgan fingerprint density at radius 3 is 2.62 bits per heavy atom. The maximum atomic E-state index is 8.61. The van der Waals surface area contributed by atoms with Crippen LogP contribution in [0.2, 0.25) is 0 Å². The molecule has 0 aliphatic heterocycles. The highest BCUT2D eigenvalue weighted by Crippen LogP contribution is 2.18. The van der Waals surface area contributed by atoms with Crippen LogP contribution in [0.5, 0.6) is 0 Å². The second-order valence-corrected chi connectivity index (χ2v) is 3.54. The summed E-state index contributed by atoms with van der Waals surface area (Å²) in [6.07, 6.45) is 7.12. The average Bonchev–Trinajstić information content (AvgIpc) is 2.38. The van der Waals surface area contributed by atoms with Gasteiger partial charge in [-0.05, 0) is 29.7 Å². The van der Waals surface area contributed by atoms with Gasteiger partial charge in [-0.25, -0.2) is 0 Å². The molecule has 0 amide bonds. The maximum absolute atomic E-state index is 8.61. The summed E-state index contributed by atoms with van der Waals surface area (Å²) in [5, 5.41) is 8.61. The first-order valence-electron chi connectivity index (χ1n) is 5.19. The van der Waals surface area contributed by atoms with Crippen molar-refractivity contribution in [3.63, 3.8) is 0 Å². The molecule has 0 spiro atoms. The van der Waals surface area contributed by atoms with Gasteiger partial charge in [0.15, 0.2) is 0 Å². The molecule has 2 nitrogen and oxygen atoms in total. The number of benzene rings is 1. The molecule has 0 unspecified atom stereocenters. The van der Waals surface area contributed by atoms with Gasteiger partial charge in [0.05, 0.1) is 6.26 Å². The standard InChI is InChI=1S/C14H13NO/c16-8-4-5-12-9-14(11-15-10-12)13-6-2-1-3-7-13/h1-4,6-11,16H,5H2. The van der Waals surface area contributed by atoms with E-state index in [-0.39, 0.29) is 0 Å². The molecule has 0 saturated heterocycles. The van der Waals surface area contributed by atoms with Crippen LogP contribution in [0.15, 0.2) is 61.1 Å². The molecule has 0 aliphatic carbocycles. The number of hydrogen-bond donors (Lipinski definition) is 1. The maximum Gasteiger partial charge on any atom is 0.0755 e. The Kier molecular flexibility index (Phi) is 3.34. The number of aromatic nitrogens is 1. The fourth-order valence-electron chi connectivity index (χ4n) is 1.58. The predicted octanol–water partition coefficient (Wildman–Crippen LogP) is 3.36. The van der Waals surface area contributed by atoms with Crippen LogP contribution in [0.25, 0.3) is 11.1 Å². The number of aliphatic hydroxyl groups is 1. The quantitative estimate of drug-likeness (QED) is 0.789. The second-order valence-electron chi connectivity index (χ2n) is 3.54. The van der Waals surface area contributed by atoms with E-state index in [9.17, 15) is 0 Å². The summed E-state index contributed by atoms with van der Waals surface area (Å²) < 4.78 is 0. The Hall–Kier alpha value is -2.09. The summed E-state index contributed by atoms with van der Waals surface area (Å²) in [6, 6.07) is 12.2. The minimum atomic E-state index is 0.699. The Bertz CT molecular complexity index is 477. The number of allylic oxidation sites excluding steroid dienone is 1. The number of hydrogen-bond acceptors (Lipinski definition) is 2. The van der Waals surface area contributed by atoms with Gasteiger partial charge in [-0.15, -0.1) is 0 Å². The molecule has 1 N–H and O–H groups in total. The monoisotopic (exact) mass is 211 g/mol. The number of rotatable bonds is 3. The number of nitrogens with zero attached hydrogens (tertiary/aromatic N) is 1. The van der Waals surface area contributed by atoms with Crippen LogP contribution in [0.1, 0.15) is 5.56 Å². The number of pyridine rings is 1. The van der Waals surface area contributed by atoms with Gasteiger partial charge < -0.3 is 5.11 Å². The van der Waals surface area contributed by atoms with Gasteiger partial charge in [-0.1, -0.05) is 30.3 Å². The van der Waals surface area contributed by atoms with Gasteiger partial charge in [-0.2, -0.15) is 0 Å². The van der Waals surface area contributed by atoms with E-state index in [0.717, 1.165) is 23.0 Å². The summed E-state index contributed by atoms with van der Waals surface area (Å²) in [6.45, 7) is 0. The van der Waals surface area contributed by atoms with E-state index in [1.54, 1.807) is 6.08 Å². The van der Waals surface area contributed by atoms with E-state index in [1.807, 2.05) is 30.6 Å². The summed E-state index contributed by atoms with van der Waals surface area (Å²) in [7, 11) is 0. The normalized spacial score (nSPS) is 10.8. The van der Waals surface area contributed by atoms with Crippen molar-refractivity contribution in [3.8, 4) is 11.1 Å². The SMILES string of the molecule is OC=CCc1cncc(-c2ccccc2)c1. The third-order valence-electron chi connectivity index (χ3n) is 2.36. The van der Waals surface area contributed by atoms with Crippen molar-refractivity contribution in [2.75, 3.05) is 0 Å². The molecule has 1 aromatic heterocycles. The molecule has 0 aliphatic rings. The first kappa shape index (κ1) is 10.4. The van der Waals surface area contributed by atoms with Crippen molar-refractivity contribution in [1.82, 2.24) is 4.98 Å². The fraction of sp³-hybridized carbons (Fsp3) is 0.0714. The molecular formula is C14H13NO. The van der Waals surface area contributed by atoms with Crippen molar-refractivity contribution in [2.45, 2.75) is 6.42 Å². The van der Waals surface area contributed by atoms with Crippen LogP contribution in [-0.4, -0.2) is 10.1 Å². The second kappa shape index (κ2) is 5.12. The summed E-state index contributed by atoms with van der Waals surface area (Å²) in [5.74, 6) is 0. The molecule has 2 rings (SSSR count). The third-order valence-corrected chi connectivity index (χ3v) is 2.36. The largest absolute Gasteiger partial charge is 0.516 e. The van der Waals surface area contributed by atoms with E-state index in [2.05, 4.69) is 23.2 Å². The highest BCUT2D eigenvalue weighted by atomic mass is 16.2. The highest BCUT2D eigenvalue weighted by Gasteiger charge is 1.98. The van der Waals surface area contributed by atoms with Crippen molar-refractivity contribution in [3.05, 3.63) is 66.7 Å². The lowest BCUT2D eigenvalue weighted by molar-refractivity contribution is 0.471. The van der Waals surface area contributed by atoms with Crippen LogP contribution in [0.4, 0.5) is 0 Å². The molecule has 0 bridgehead atoms. The van der Waals surface area contributed by atoms with E-state index in [0.29, 0.717) is 6.42 Å². The Morgan fingerprint density at radius 1 is 1.06 bits per heavy atom. The van der Waals surface area contributed by atoms with Crippen molar-refractivity contribution in [1.29, 1.82) is 0 Å². The van der Waals surface area contributed by atoms with Crippen LogP contribution < -0.4 is 0 Å². The molecule has 1 aromatic carbocycles. The van der Waals surface area contributed by atoms with Gasteiger partial charge in [0.2, 0.25) is 0 Å². The first-order chi connectivity index (χ1) is 7.90. The van der Waals surface area contributed by atoms with Gasteiger partial charge in [-0.3, -0.25) is 4.98 Å². The van der Waals surface area contributed by atoms with E-state index in [4.69, 9.17) is 5.11 Å². The Labute approximate surface area is 94.9 Å². The topological polar surface area (TPSA) is 33.1 Å². The molecule has 0 radical (unpaired) electrons. The zero-order valence-electron chi connectivity index (χ0n) is 8.88. The van der Waals surface area contributed by atoms with E-state index < -0.39 is 0 Å². The lowest BCUT2D eigenvalue weighted by Crippen LogP contribution is -1.86. The van der Waals surface area contributed by atoms with Gasteiger partial charge in [0.1, 0.15) is 0 Å². The van der Waals surface area contributed by atoms with Crippen molar-refractivity contribution in [2.24, 2.45) is 0 Å². The highest BCUT2D eigenvalue weighted by molar-refractivity contribution is 5.62. The predicted molar refractivity (Wildman–Crippen MR) is 65.1 cm³/mol. The molecule has 0 atom stereocenters. The molecule has 80 valence electrons. The van der Waals surface area contributed by atoms with Gasteiger partial charge >= 0.3 is 0 Å². The van der Waals surface area contributed by atoms with E-state index in [1.165, 1.54) is 0 Å². The van der Waals surface area contributed by atoms with Crippen molar-refractivity contribution < 1.29 is 5.11 Å². The average molecular weight is 211 g/mol. The summed E-state index contributed by atoms with van der Waals surface area (Å²) >= 11 is 0. The minimum absolute atomic E-state index is 0.699. The van der Waals surface area contributed by atoms with Gasteiger partial charge in [0.25, 0.3) is 0 Å². The smallest absolute Gasteiger partial charge is 0.0755 e. The zero-order chi connectivity index (χ0) is 11.2. The molecule has 0 saturated carbocycles. The third kappa shape index (κ3) is 2.48. The number of aliphatic hydroxyl groups excluding tert-OH is 1. The first-order valence-corrected chi connectivity index (χ1v) is 5.19. The lowest BCUT2D eigenvalue weighted by atomic mass is 10.1. The molecule has 1 heterocycles. The Morgan fingerprint density at radius 2 is 1.88 bits per heavy atom. The molecular weight excluding hydrogens is 198 g/mol. The summed E-state index contributed by atoms with van der Waals surface area (Å²) in [4.78, 5) is 4.20. The fourth-order valence-corrected chi connectivity index (χ4v) is 1.58.